The van der Waals surface area contributed by atoms with E-state index in [2.05, 4.69) is 20.0 Å². The van der Waals surface area contributed by atoms with Crippen LogP contribution in [0.25, 0.3) is 0 Å². The van der Waals surface area contributed by atoms with Crippen molar-refractivity contribution in [3.63, 3.8) is 0 Å². The van der Waals surface area contributed by atoms with Crippen LogP contribution in [0.1, 0.15) is 21.9 Å². The molecule has 1 amide bonds. The maximum atomic E-state index is 12.7. The van der Waals surface area contributed by atoms with Gasteiger partial charge in [0.1, 0.15) is 10.7 Å². The number of hydrogen-bond donors (Lipinski definition) is 2. The summed E-state index contributed by atoms with van der Waals surface area (Å²) in [6, 6.07) is 11.9. The van der Waals surface area contributed by atoms with Gasteiger partial charge in [-0.15, -0.1) is 0 Å². The van der Waals surface area contributed by atoms with E-state index in [1.54, 1.807) is 31.3 Å². The number of aromatic nitrogens is 2. The van der Waals surface area contributed by atoms with Crippen molar-refractivity contribution in [2.45, 2.75) is 18.4 Å². The van der Waals surface area contributed by atoms with Gasteiger partial charge in [0.05, 0.1) is 17.3 Å². The van der Waals surface area contributed by atoms with Gasteiger partial charge in [-0.05, 0) is 55.5 Å². The molecule has 0 bridgehead atoms. The fourth-order valence-electron chi connectivity index (χ4n) is 2.46. The van der Waals surface area contributed by atoms with Crippen molar-refractivity contribution in [3.8, 4) is 0 Å². The number of hydrogen-bond acceptors (Lipinski definition) is 5. The number of benzene rings is 2. The Bertz CT molecular complexity index is 1150. The molecule has 0 saturated heterocycles. The zero-order valence-corrected chi connectivity index (χ0v) is 17.5. The predicted molar refractivity (Wildman–Crippen MR) is 112 cm³/mol. The largest absolute Gasteiger partial charge is 0.346 e. The van der Waals surface area contributed by atoms with Crippen molar-refractivity contribution in [2.24, 2.45) is 0 Å². The van der Waals surface area contributed by atoms with Gasteiger partial charge in [0.2, 0.25) is 0 Å². The summed E-state index contributed by atoms with van der Waals surface area (Å²) < 4.78 is 27.9. The van der Waals surface area contributed by atoms with Gasteiger partial charge in [-0.2, -0.15) is 0 Å². The Hall–Kier alpha value is -2.68. The lowest BCUT2D eigenvalue weighted by Crippen LogP contribution is -2.24. The maximum Gasteiger partial charge on any atom is 0.263 e. The van der Waals surface area contributed by atoms with Gasteiger partial charge in [-0.1, -0.05) is 23.2 Å². The molecule has 0 unspecified atom stereocenters. The number of carbonyl (C=O) groups excluding carboxylic acids is 1. The fourth-order valence-corrected chi connectivity index (χ4v) is 4.17. The molecule has 0 aliphatic carbocycles. The molecule has 1 heterocycles. The fraction of sp³-hybridized carbons (Fsp3) is 0.105. The van der Waals surface area contributed by atoms with Crippen LogP contribution >= 0.6 is 23.2 Å². The van der Waals surface area contributed by atoms with Crippen molar-refractivity contribution in [1.29, 1.82) is 0 Å². The van der Waals surface area contributed by atoms with Crippen molar-refractivity contribution in [2.75, 3.05) is 4.72 Å². The monoisotopic (exact) mass is 450 g/mol. The smallest absolute Gasteiger partial charge is 0.263 e. The third-order valence-corrected chi connectivity index (χ3v) is 5.96. The molecule has 1 aromatic heterocycles. The number of halogens is 2. The average molecular weight is 451 g/mol. The SMILES string of the molecule is Cc1nccc(CNC(=O)c2ccc(Cl)c(S(=O)(=O)Nc3ccc(Cl)cc3)c2)n1. The predicted octanol–water partition coefficient (Wildman–Crippen LogP) is 3.82. The molecule has 150 valence electrons. The number of carbonyl (C=O) groups is 1. The molecule has 7 nitrogen and oxygen atoms in total. The molecular weight excluding hydrogens is 435 g/mol. The number of rotatable bonds is 6. The van der Waals surface area contributed by atoms with E-state index in [0.717, 1.165) is 0 Å². The number of anilines is 1. The Labute approximate surface area is 178 Å². The number of aryl methyl sites for hydroxylation is 1. The van der Waals surface area contributed by atoms with Crippen LogP contribution in [0.4, 0.5) is 5.69 Å². The van der Waals surface area contributed by atoms with Gasteiger partial charge in [0.25, 0.3) is 15.9 Å². The van der Waals surface area contributed by atoms with Crippen LogP contribution in [0.15, 0.2) is 59.6 Å². The lowest BCUT2D eigenvalue weighted by molar-refractivity contribution is 0.0950. The zero-order valence-electron chi connectivity index (χ0n) is 15.2. The molecule has 0 radical (unpaired) electrons. The van der Waals surface area contributed by atoms with Gasteiger partial charge in [-0.3, -0.25) is 9.52 Å². The molecule has 0 aliphatic heterocycles. The Balaban J connectivity index is 1.79. The molecular formula is C19H16Cl2N4O3S. The highest BCUT2D eigenvalue weighted by molar-refractivity contribution is 7.92. The zero-order chi connectivity index (χ0) is 21.0. The van der Waals surface area contributed by atoms with Gasteiger partial charge in [0.15, 0.2) is 0 Å². The molecule has 0 spiro atoms. The number of sulfonamides is 1. The highest BCUT2D eigenvalue weighted by atomic mass is 35.5. The van der Waals surface area contributed by atoms with E-state index in [4.69, 9.17) is 23.2 Å². The Morgan fingerprint density at radius 2 is 1.79 bits per heavy atom. The standard InChI is InChI=1S/C19H16Cl2N4O3S/c1-12-22-9-8-16(24-12)11-23-19(26)13-2-7-17(21)18(10-13)29(27,28)25-15-5-3-14(20)4-6-15/h2-10,25H,11H2,1H3,(H,23,26). The lowest BCUT2D eigenvalue weighted by Gasteiger charge is -2.11. The molecule has 2 N–H and O–H groups in total. The van der Waals surface area contributed by atoms with E-state index in [9.17, 15) is 13.2 Å². The molecule has 3 rings (SSSR count). The molecule has 0 aliphatic rings. The number of nitrogens with one attached hydrogen (secondary N) is 2. The second-order valence-corrected chi connectivity index (χ2v) is 8.53. The summed E-state index contributed by atoms with van der Waals surface area (Å²) in [6.07, 6.45) is 1.60. The second-order valence-electron chi connectivity index (χ2n) is 6.04. The molecule has 29 heavy (non-hydrogen) atoms. The molecule has 10 heteroatoms. The molecule has 2 aromatic carbocycles. The van der Waals surface area contributed by atoms with Gasteiger partial charge in [0, 0.05) is 22.5 Å². The van der Waals surface area contributed by atoms with Crippen molar-refractivity contribution >= 4 is 44.8 Å². The second kappa shape index (κ2) is 8.77. The van der Waals surface area contributed by atoms with Crippen LogP contribution in [-0.4, -0.2) is 24.3 Å². The van der Waals surface area contributed by atoms with E-state index in [1.807, 2.05) is 0 Å². The molecule has 0 fully saturated rings. The van der Waals surface area contributed by atoms with Gasteiger partial charge in [-0.25, -0.2) is 18.4 Å². The summed E-state index contributed by atoms with van der Waals surface area (Å²) in [7, 11) is -4.01. The van der Waals surface area contributed by atoms with E-state index in [0.29, 0.717) is 22.2 Å². The molecule has 3 aromatic rings. The van der Waals surface area contributed by atoms with Crippen LogP contribution in [-0.2, 0) is 16.6 Å². The first-order valence-corrected chi connectivity index (χ1v) is 10.6. The minimum absolute atomic E-state index is 0.00515. The first-order valence-electron chi connectivity index (χ1n) is 8.39. The first kappa shape index (κ1) is 21.0. The number of nitrogens with zero attached hydrogens (tertiary/aromatic N) is 2. The van der Waals surface area contributed by atoms with Crippen molar-refractivity contribution < 1.29 is 13.2 Å². The lowest BCUT2D eigenvalue weighted by atomic mass is 10.2. The summed E-state index contributed by atoms with van der Waals surface area (Å²) in [5.74, 6) is 0.130. The van der Waals surface area contributed by atoms with Crippen LogP contribution in [0.2, 0.25) is 10.0 Å². The third-order valence-electron chi connectivity index (χ3n) is 3.84. The third kappa shape index (κ3) is 5.44. The van der Waals surface area contributed by atoms with E-state index < -0.39 is 15.9 Å². The van der Waals surface area contributed by atoms with Crippen LogP contribution in [0, 0.1) is 6.92 Å². The summed E-state index contributed by atoms with van der Waals surface area (Å²) in [4.78, 5) is 20.4. The van der Waals surface area contributed by atoms with Crippen LogP contribution in [0.5, 0.6) is 0 Å². The van der Waals surface area contributed by atoms with Gasteiger partial charge < -0.3 is 5.32 Å². The summed E-state index contributed by atoms with van der Waals surface area (Å²) >= 11 is 11.9. The van der Waals surface area contributed by atoms with Gasteiger partial charge >= 0.3 is 0 Å². The average Bonchev–Trinajstić information content (AvgIpc) is 2.68. The summed E-state index contributed by atoms with van der Waals surface area (Å²) in [5, 5.41) is 3.16. The Kier molecular flexibility index (Phi) is 6.36. The Morgan fingerprint density at radius 3 is 2.48 bits per heavy atom. The van der Waals surface area contributed by atoms with E-state index in [-0.39, 0.29) is 22.0 Å². The topological polar surface area (TPSA) is 101 Å². The quantitative estimate of drug-likeness (QED) is 0.594. The first-order chi connectivity index (χ1) is 13.7. The van der Waals surface area contributed by atoms with Crippen LogP contribution in [0.3, 0.4) is 0 Å². The maximum absolute atomic E-state index is 12.7. The molecule has 0 saturated carbocycles. The number of amides is 1. The minimum atomic E-state index is -4.01. The normalized spacial score (nSPS) is 11.1. The van der Waals surface area contributed by atoms with E-state index in [1.165, 1.54) is 30.3 Å². The summed E-state index contributed by atoms with van der Waals surface area (Å²) in [6.45, 7) is 1.92. The van der Waals surface area contributed by atoms with Crippen molar-refractivity contribution in [3.05, 3.63) is 81.9 Å². The highest BCUT2D eigenvalue weighted by Crippen LogP contribution is 2.25. The highest BCUT2D eigenvalue weighted by Gasteiger charge is 2.20. The summed E-state index contributed by atoms with van der Waals surface area (Å²) in [5.41, 5.74) is 1.10. The minimum Gasteiger partial charge on any atom is -0.346 e. The Morgan fingerprint density at radius 1 is 1.07 bits per heavy atom. The van der Waals surface area contributed by atoms with E-state index >= 15 is 0 Å². The van der Waals surface area contributed by atoms with Crippen LogP contribution < -0.4 is 10.0 Å². The molecule has 0 atom stereocenters. The van der Waals surface area contributed by atoms with Crippen molar-refractivity contribution in [1.82, 2.24) is 15.3 Å².